The van der Waals surface area contributed by atoms with Crippen molar-refractivity contribution in [2.45, 2.75) is 0 Å². The number of nitrogens with zero attached hydrogens (tertiary/aromatic N) is 3. The van der Waals surface area contributed by atoms with E-state index in [-0.39, 0.29) is 0 Å². The molecule has 0 saturated heterocycles. The van der Waals surface area contributed by atoms with Crippen LogP contribution in [0.4, 0.5) is 0 Å². The lowest BCUT2D eigenvalue weighted by Crippen LogP contribution is -2.01. The second-order valence-corrected chi connectivity index (χ2v) is 14.9. The van der Waals surface area contributed by atoms with Gasteiger partial charge >= 0.3 is 0 Å². The fraction of sp³-hybridized carbons (Fsp3) is 0. The average molecular weight is 726 g/mol. The summed E-state index contributed by atoms with van der Waals surface area (Å²) in [6, 6.07) is 77.4. The van der Waals surface area contributed by atoms with Crippen molar-refractivity contribution in [3.05, 3.63) is 212 Å². The Balaban J connectivity index is 1.19. The average Bonchev–Trinajstić information content (AvgIpc) is 3.93. The van der Waals surface area contributed by atoms with Crippen molar-refractivity contribution >= 4 is 65.4 Å². The number of rotatable bonds is 5. The monoisotopic (exact) mass is 725 g/mol. The predicted molar refractivity (Wildman–Crippen MR) is 240 cm³/mol. The molecule has 12 rings (SSSR count). The molecule has 266 valence electrons. The third-order valence-corrected chi connectivity index (χ3v) is 11.8. The first-order chi connectivity index (χ1) is 28.3. The van der Waals surface area contributed by atoms with Crippen LogP contribution in [0, 0.1) is 0 Å². The summed E-state index contributed by atoms with van der Waals surface area (Å²) in [5.41, 5.74) is 15.4. The SMILES string of the molecule is c1ccc(-c2ccc(-n3c4ccccc4c4cccc(-n5c6ccccc6c6ccc7c(c8ccccc8n7-c7cccc(-c8ccccc8)c7)c65)c43)cc2)cc1. The molecule has 0 saturated carbocycles. The third kappa shape index (κ3) is 4.73. The highest BCUT2D eigenvalue weighted by atomic mass is 15.1. The molecule has 3 heterocycles. The Morgan fingerprint density at radius 1 is 0.246 bits per heavy atom. The summed E-state index contributed by atoms with van der Waals surface area (Å²) in [4.78, 5) is 0. The summed E-state index contributed by atoms with van der Waals surface area (Å²) < 4.78 is 7.46. The maximum atomic E-state index is 2.54. The highest BCUT2D eigenvalue weighted by Gasteiger charge is 2.24. The summed E-state index contributed by atoms with van der Waals surface area (Å²) in [6.45, 7) is 0. The first-order valence-corrected chi connectivity index (χ1v) is 19.6. The first kappa shape index (κ1) is 31.7. The van der Waals surface area contributed by atoms with Crippen molar-refractivity contribution in [2.24, 2.45) is 0 Å². The van der Waals surface area contributed by atoms with Crippen molar-refractivity contribution < 1.29 is 0 Å². The lowest BCUT2D eigenvalue weighted by atomic mass is 10.1. The molecule has 0 aliphatic heterocycles. The molecule has 0 unspecified atom stereocenters. The Kier molecular flexibility index (Phi) is 6.93. The van der Waals surface area contributed by atoms with E-state index in [1.54, 1.807) is 0 Å². The smallest absolute Gasteiger partial charge is 0.0782 e. The van der Waals surface area contributed by atoms with Gasteiger partial charge in [0.15, 0.2) is 0 Å². The minimum atomic E-state index is 1.13. The van der Waals surface area contributed by atoms with E-state index in [1.807, 2.05) is 0 Å². The van der Waals surface area contributed by atoms with Gasteiger partial charge in [-0.15, -0.1) is 0 Å². The molecule has 0 radical (unpaired) electrons. The van der Waals surface area contributed by atoms with Gasteiger partial charge in [0.1, 0.15) is 0 Å². The van der Waals surface area contributed by atoms with Gasteiger partial charge in [-0.05, 0) is 76.9 Å². The van der Waals surface area contributed by atoms with Crippen molar-refractivity contribution in [3.63, 3.8) is 0 Å². The number of hydrogen-bond acceptors (Lipinski definition) is 0. The van der Waals surface area contributed by atoms with Gasteiger partial charge in [-0.1, -0.05) is 158 Å². The van der Waals surface area contributed by atoms with Crippen molar-refractivity contribution in [2.75, 3.05) is 0 Å². The lowest BCUT2D eigenvalue weighted by molar-refractivity contribution is 1.13. The molecule has 3 aromatic heterocycles. The zero-order valence-corrected chi connectivity index (χ0v) is 31.0. The molecule has 0 aliphatic rings. The molecule has 0 bridgehead atoms. The summed E-state index contributed by atoms with van der Waals surface area (Å²) in [6.07, 6.45) is 0. The van der Waals surface area contributed by atoms with Crippen LogP contribution in [0.5, 0.6) is 0 Å². The summed E-state index contributed by atoms with van der Waals surface area (Å²) in [7, 11) is 0. The lowest BCUT2D eigenvalue weighted by Gasteiger charge is -2.15. The summed E-state index contributed by atoms with van der Waals surface area (Å²) in [5, 5.41) is 7.43. The topological polar surface area (TPSA) is 14.8 Å². The predicted octanol–water partition coefficient (Wildman–Crippen LogP) is 14.3. The molecule has 0 fully saturated rings. The van der Waals surface area contributed by atoms with Crippen molar-refractivity contribution in [1.29, 1.82) is 0 Å². The van der Waals surface area contributed by atoms with Crippen LogP contribution in [0.2, 0.25) is 0 Å². The van der Waals surface area contributed by atoms with Crippen LogP contribution >= 0.6 is 0 Å². The van der Waals surface area contributed by atoms with E-state index in [4.69, 9.17) is 0 Å². The van der Waals surface area contributed by atoms with E-state index in [0.717, 1.165) is 17.1 Å². The maximum absolute atomic E-state index is 2.54. The largest absolute Gasteiger partial charge is 0.309 e. The van der Waals surface area contributed by atoms with Crippen LogP contribution < -0.4 is 0 Å². The molecule has 3 nitrogen and oxygen atoms in total. The van der Waals surface area contributed by atoms with Crippen molar-refractivity contribution in [1.82, 2.24) is 13.7 Å². The third-order valence-electron chi connectivity index (χ3n) is 11.8. The molecule has 0 spiro atoms. The zero-order valence-electron chi connectivity index (χ0n) is 31.0. The minimum absolute atomic E-state index is 1.13. The number of para-hydroxylation sites is 4. The van der Waals surface area contributed by atoms with Crippen LogP contribution in [-0.2, 0) is 0 Å². The van der Waals surface area contributed by atoms with Crippen LogP contribution in [0.25, 0.3) is 105 Å². The van der Waals surface area contributed by atoms with Crippen LogP contribution in [0.15, 0.2) is 212 Å². The maximum Gasteiger partial charge on any atom is 0.0782 e. The molecule has 3 heteroatoms. The van der Waals surface area contributed by atoms with Crippen LogP contribution in [-0.4, -0.2) is 13.7 Å². The van der Waals surface area contributed by atoms with Gasteiger partial charge in [-0.3, -0.25) is 0 Å². The fourth-order valence-corrected chi connectivity index (χ4v) is 9.37. The molecule has 0 N–H and O–H groups in total. The van der Waals surface area contributed by atoms with E-state index < -0.39 is 0 Å². The van der Waals surface area contributed by atoms with Gasteiger partial charge in [0.25, 0.3) is 0 Å². The number of benzene rings is 9. The van der Waals surface area contributed by atoms with Gasteiger partial charge < -0.3 is 13.7 Å². The molecule has 0 atom stereocenters. The number of aromatic nitrogens is 3. The normalized spacial score (nSPS) is 11.9. The van der Waals surface area contributed by atoms with E-state index in [9.17, 15) is 0 Å². The quantitative estimate of drug-likeness (QED) is 0.168. The molecular weight excluding hydrogens is 691 g/mol. The summed E-state index contributed by atoms with van der Waals surface area (Å²) >= 11 is 0. The Morgan fingerprint density at radius 3 is 1.46 bits per heavy atom. The molecule has 12 aromatic rings. The Hall–Kier alpha value is -7.62. The van der Waals surface area contributed by atoms with E-state index >= 15 is 0 Å². The Morgan fingerprint density at radius 2 is 0.754 bits per heavy atom. The van der Waals surface area contributed by atoms with Gasteiger partial charge in [0, 0.05) is 43.7 Å². The molecule has 0 amide bonds. The highest BCUT2D eigenvalue weighted by molar-refractivity contribution is 6.27. The molecule has 9 aromatic carbocycles. The van der Waals surface area contributed by atoms with Crippen LogP contribution in [0.3, 0.4) is 0 Å². The number of hydrogen-bond donors (Lipinski definition) is 0. The molecule has 57 heavy (non-hydrogen) atoms. The minimum Gasteiger partial charge on any atom is -0.309 e. The van der Waals surface area contributed by atoms with Gasteiger partial charge in [-0.25, -0.2) is 0 Å². The van der Waals surface area contributed by atoms with E-state index in [2.05, 4.69) is 226 Å². The standard InChI is InChI=1S/C54H35N3/c1-3-15-36(16-4-1)38-29-31-40(32-30-38)56-47-25-10-7-21-42(47)44-24-14-28-51(53(44)56)57-48-26-11-8-22-43(48)45-33-34-50-52(54(45)57)46-23-9-12-27-49(46)55(50)41-20-13-19-39(35-41)37-17-5-2-6-18-37/h1-35H. The second kappa shape index (κ2) is 12.5. The second-order valence-electron chi connectivity index (χ2n) is 14.9. The zero-order chi connectivity index (χ0) is 37.5. The van der Waals surface area contributed by atoms with E-state index in [0.29, 0.717) is 0 Å². The number of fused-ring (bicyclic) bond motifs is 10. The Bertz CT molecular complexity index is 3490. The Labute approximate surface area is 329 Å². The molecule has 0 aliphatic carbocycles. The molecular formula is C54H35N3. The van der Waals surface area contributed by atoms with Gasteiger partial charge in [0.2, 0.25) is 0 Å². The van der Waals surface area contributed by atoms with Gasteiger partial charge in [-0.2, -0.15) is 0 Å². The first-order valence-electron chi connectivity index (χ1n) is 19.6. The van der Waals surface area contributed by atoms with E-state index in [1.165, 1.54) is 87.7 Å². The fourth-order valence-electron chi connectivity index (χ4n) is 9.37. The van der Waals surface area contributed by atoms with Gasteiger partial charge in [0.05, 0.1) is 38.8 Å². The summed E-state index contributed by atoms with van der Waals surface area (Å²) in [5.74, 6) is 0. The van der Waals surface area contributed by atoms with Crippen LogP contribution in [0.1, 0.15) is 0 Å². The highest BCUT2D eigenvalue weighted by Crippen LogP contribution is 2.44. The van der Waals surface area contributed by atoms with Crippen molar-refractivity contribution in [3.8, 4) is 39.3 Å².